The summed E-state index contributed by atoms with van der Waals surface area (Å²) >= 11 is 0. The van der Waals surface area contributed by atoms with E-state index in [1.54, 1.807) is 0 Å². The lowest BCUT2D eigenvalue weighted by molar-refractivity contribution is 1.46. The van der Waals surface area contributed by atoms with Gasteiger partial charge >= 0.3 is 0 Å². The van der Waals surface area contributed by atoms with E-state index in [2.05, 4.69) is 45.1 Å². The summed E-state index contributed by atoms with van der Waals surface area (Å²) in [5.41, 5.74) is 4.00. The molecule has 1 rings (SSSR count). The molecule has 0 aliphatic heterocycles. The van der Waals surface area contributed by atoms with E-state index in [1.165, 1.54) is 16.6 Å². The molecule has 0 aliphatic rings. The summed E-state index contributed by atoms with van der Waals surface area (Å²) in [5.74, 6) is 0. The molecule has 0 atom stereocenters. The third kappa shape index (κ3) is 1.97. The van der Waals surface area contributed by atoms with E-state index in [0.717, 1.165) is 0 Å². The van der Waals surface area contributed by atoms with Crippen LogP contribution in [0.25, 0.3) is 6.08 Å². The Balaban J connectivity index is 3.09. The lowest BCUT2D eigenvalue weighted by Crippen LogP contribution is -2.01. The molecular weight excluding hydrogens is 131 g/mol. The summed E-state index contributed by atoms with van der Waals surface area (Å²) in [4.78, 5) is 0. The van der Waals surface area contributed by atoms with Crippen molar-refractivity contribution in [3.63, 3.8) is 0 Å². The monoisotopic (exact) mass is 144 g/mol. The molecule has 0 amide bonds. The van der Waals surface area contributed by atoms with Crippen LogP contribution in [0.5, 0.6) is 0 Å². The quantitative estimate of drug-likeness (QED) is 0.521. The Morgan fingerprint density at radius 2 is 2.09 bits per heavy atom. The van der Waals surface area contributed by atoms with Gasteiger partial charge in [0.05, 0.1) is 0 Å². The van der Waals surface area contributed by atoms with Crippen molar-refractivity contribution in [2.75, 3.05) is 0 Å². The average Bonchev–Trinajstić information content (AvgIpc) is 1.95. The van der Waals surface area contributed by atoms with Crippen LogP contribution in [-0.4, -0.2) is 7.85 Å². The van der Waals surface area contributed by atoms with Crippen molar-refractivity contribution in [3.05, 3.63) is 35.4 Å². The van der Waals surface area contributed by atoms with Crippen molar-refractivity contribution in [1.82, 2.24) is 0 Å². The van der Waals surface area contributed by atoms with Gasteiger partial charge in [0, 0.05) is 0 Å². The SMILES string of the molecule is Bc1ccc(/C=C\C)c(C)c1. The maximum absolute atomic E-state index is 2.20. The molecule has 0 saturated heterocycles. The third-order valence-electron chi connectivity index (χ3n) is 1.77. The number of allylic oxidation sites excluding steroid dienone is 1. The summed E-state index contributed by atoms with van der Waals surface area (Å²) in [6, 6.07) is 6.50. The number of benzene rings is 1. The Morgan fingerprint density at radius 3 is 2.64 bits per heavy atom. The zero-order valence-electron chi connectivity index (χ0n) is 7.39. The maximum Gasteiger partial charge on any atom is 0.139 e. The minimum atomic E-state index is 1.32. The van der Waals surface area contributed by atoms with Crippen LogP contribution in [0.2, 0.25) is 0 Å². The molecule has 0 bridgehead atoms. The smallest absolute Gasteiger partial charge is 0.0887 e. The lowest BCUT2D eigenvalue weighted by Gasteiger charge is -2.00. The molecule has 0 fully saturated rings. The molecule has 0 nitrogen and oxygen atoms in total. The fourth-order valence-electron chi connectivity index (χ4n) is 1.19. The van der Waals surface area contributed by atoms with Crippen molar-refractivity contribution < 1.29 is 0 Å². The molecular formula is C10H13B. The van der Waals surface area contributed by atoms with Gasteiger partial charge < -0.3 is 0 Å². The zero-order valence-corrected chi connectivity index (χ0v) is 7.39. The van der Waals surface area contributed by atoms with Crippen molar-refractivity contribution >= 4 is 19.4 Å². The van der Waals surface area contributed by atoms with Gasteiger partial charge in [0.1, 0.15) is 7.85 Å². The van der Waals surface area contributed by atoms with E-state index >= 15 is 0 Å². The highest BCUT2D eigenvalue weighted by Gasteiger charge is 1.91. The highest BCUT2D eigenvalue weighted by molar-refractivity contribution is 6.32. The minimum absolute atomic E-state index is 1.32. The molecule has 1 aromatic carbocycles. The van der Waals surface area contributed by atoms with E-state index in [1.807, 2.05) is 6.92 Å². The van der Waals surface area contributed by atoms with Crippen LogP contribution in [0.3, 0.4) is 0 Å². The van der Waals surface area contributed by atoms with E-state index in [9.17, 15) is 0 Å². The Labute approximate surface area is 69.4 Å². The van der Waals surface area contributed by atoms with Crippen molar-refractivity contribution in [3.8, 4) is 0 Å². The summed E-state index contributed by atoms with van der Waals surface area (Å²) in [6.45, 7) is 4.18. The van der Waals surface area contributed by atoms with Crippen molar-refractivity contribution in [2.24, 2.45) is 0 Å². The summed E-state index contributed by atoms with van der Waals surface area (Å²) < 4.78 is 0. The number of hydrogen-bond acceptors (Lipinski definition) is 0. The van der Waals surface area contributed by atoms with Gasteiger partial charge in [-0.25, -0.2) is 0 Å². The fourth-order valence-corrected chi connectivity index (χ4v) is 1.19. The molecule has 0 aliphatic carbocycles. The Hall–Kier alpha value is -0.975. The normalized spacial score (nSPS) is 10.7. The molecule has 1 aromatic rings. The van der Waals surface area contributed by atoms with Crippen molar-refractivity contribution in [2.45, 2.75) is 13.8 Å². The molecule has 0 spiro atoms. The van der Waals surface area contributed by atoms with Crippen LogP contribution in [0.15, 0.2) is 24.3 Å². The predicted molar refractivity (Wildman–Crippen MR) is 54.1 cm³/mol. The highest BCUT2D eigenvalue weighted by Crippen LogP contribution is 2.06. The average molecular weight is 144 g/mol. The van der Waals surface area contributed by atoms with Gasteiger partial charge in [-0.05, 0) is 25.0 Å². The van der Waals surface area contributed by atoms with Gasteiger partial charge in [-0.3, -0.25) is 0 Å². The summed E-state index contributed by atoms with van der Waals surface area (Å²) in [7, 11) is 2.12. The van der Waals surface area contributed by atoms with E-state index in [4.69, 9.17) is 0 Å². The summed E-state index contributed by atoms with van der Waals surface area (Å²) in [5, 5.41) is 0. The second kappa shape index (κ2) is 3.43. The zero-order chi connectivity index (χ0) is 8.27. The predicted octanol–water partition coefficient (Wildman–Crippen LogP) is 1.29. The third-order valence-corrected chi connectivity index (χ3v) is 1.77. The van der Waals surface area contributed by atoms with Gasteiger partial charge in [-0.2, -0.15) is 0 Å². The molecule has 0 heterocycles. The minimum Gasteiger partial charge on any atom is -0.0887 e. The van der Waals surface area contributed by atoms with Gasteiger partial charge in [-0.1, -0.05) is 35.8 Å². The molecule has 0 N–H and O–H groups in total. The van der Waals surface area contributed by atoms with Gasteiger partial charge in [-0.15, -0.1) is 0 Å². The second-order valence-corrected chi connectivity index (χ2v) is 2.86. The van der Waals surface area contributed by atoms with Crippen LogP contribution < -0.4 is 5.46 Å². The first-order chi connectivity index (χ1) is 5.24. The Kier molecular flexibility index (Phi) is 2.53. The maximum atomic E-state index is 2.20. The number of rotatable bonds is 1. The molecule has 0 unspecified atom stereocenters. The molecule has 0 radical (unpaired) electrons. The molecule has 56 valence electrons. The van der Waals surface area contributed by atoms with Gasteiger partial charge in [0.2, 0.25) is 0 Å². The molecule has 0 saturated carbocycles. The number of aryl methyl sites for hydroxylation is 1. The standard InChI is InChI=1S/C10H13B/c1-3-4-9-5-6-10(11)7-8(9)2/h3-7H,11H2,1-2H3/b4-3-. The number of hydrogen-bond donors (Lipinski definition) is 0. The lowest BCUT2D eigenvalue weighted by atomic mass is 9.92. The van der Waals surface area contributed by atoms with Crippen LogP contribution in [0.1, 0.15) is 18.1 Å². The van der Waals surface area contributed by atoms with Crippen LogP contribution in [0, 0.1) is 6.92 Å². The van der Waals surface area contributed by atoms with Crippen LogP contribution >= 0.6 is 0 Å². The Morgan fingerprint density at radius 1 is 1.36 bits per heavy atom. The molecule has 0 aromatic heterocycles. The Bertz CT molecular complexity index is 274. The van der Waals surface area contributed by atoms with E-state index < -0.39 is 0 Å². The largest absolute Gasteiger partial charge is 0.139 e. The second-order valence-electron chi connectivity index (χ2n) is 2.86. The van der Waals surface area contributed by atoms with Crippen LogP contribution in [-0.2, 0) is 0 Å². The first kappa shape index (κ1) is 8.12. The van der Waals surface area contributed by atoms with E-state index in [0.29, 0.717) is 0 Å². The molecule has 11 heavy (non-hydrogen) atoms. The molecule has 1 heteroatoms. The fraction of sp³-hybridized carbons (Fsp3) is 0.200. The highest BCUT2D eigenvalue weighted by atomic mass is 14.0. The summed E-state index contributed by atoms with van der Waals surface area (Å²) in [6.07, 6.45) is 4.20. The van der Waals surface area contributed by atoms with Crippen molar-refractivity contribution in [1.29, 1.82) is 0 Å². The van der Waals surface area contributed by atoms with E-state index in [-0.39, 0.29) is 0 Å². The van der Waals surface area contributed by atoms with Gasteiger partial charge in [0.25, 0.3) is 0 Å². The topological polar surface area (TPSA) is 0 Å². The first-order valence-electron chi connectivity index (χ1n) is 3.94. The first-order valence-corrected chi connectivity index (χ1v) is 3.94. The van der Waals surface area contributed by atoms with Gasteiger partial charge in [0.15, 0.2) is 0 Å². The van der Waals surface area contributed by atoms with Crippen LogP contribution in [0.4, 0.5) is 0 Å².